The maximum atomic E-state index is 12.6. The maximum absolute atomic E-state index is 12.6. The highest BCUT2D eigenvalue weighted by atomic mass is 32.1. The van der Waals surface area contributed by atoms with Crippen LogP contribution in [-0.4, -0.2) is 34.0 Å². The van der Waals surface area contributed by atoms with E-state index in [1.54, 1.807) is 13.8 Å². The first-order chi connectivity index (χ1) is 13.1. The van der Waals surface area contributed by atoms with Gasteiger partial charge in [0, 0.05) is 13.1 Å². The van der Waals surface area contributed by atoms with Gasteiger partial charge in [0.1, 0.15) is 15.5 Å². The van der Waals surface area contributed by atoms with E-state index in [1.807, 2.05) is 0 Å². The third-order valence-electron chi connectivity index (χ3n) is 4.89. The highest BCUT2D eigenvalue weighted by Gasteiger charge is 2.21. The summed E-state index contributed by atoms with van der Waals surface area (Å²) >= 11 is 1.23. The van der Waals surface area contributed by atoms with Gasteiger partial charge in [-0.25, -0.2) is 9.78 Å². The molecule has 1 aromatic carbocycles. The number of hydrogen-bond acceptors (Lipinski definition) is 6. The third-order valence-corrected chi connectivity index (χ3v) is 6.06. The van der Waals surface area contributed by atoms with Crippen LogP contribution in [0.2, 0.25) is 0 Å². The van der Waals surface area contributed by atoms with Crippen LogP contribution in [0.15, 0.2) is 29.1 Å². The SMILES string of the molecule is CCOC(=O)c1sc2nc(CN3CCc4ccccc4C3)[nH]c(=O)c2c1C. The number of rotatable bonds is 4. The van der Waals surface area contributed by atoms with Crippen LogP contribution in [0.5, 0.6) is 0 Å². The number of ether oxygens (including phenoxy) is 1. The molecule has 27 heavy (non-hydrogen) atoms. The summed E-state index contributed by atoms with van der Waals surface area (Å²) in [6, 6.07) is 8.45. The second-order valence-electron chi connectivity index (χ2n) is 6.70. The number of aromatic amines is 1. The number of carbonyl (C=O) groups is 1. The summed E-state index contributed by atoms with van der Waals surface area (Å²) in [5.74, 6) is 0.232. The molecule has 0 fully saturated rings. The Bertz CT molecular complexity index is 1070. The molecule has 1 aliphatic heterocycles. The number of aryl methyl sites for hydroxylation is 1. The van der Waals surface area contributed by atoms with Crippen LogP contribution in [0, 0.1) is 6.92 Å². The van der Waals surface area contributed by atoms with Crippen LogP contribution in [0.3, 0.4) is 0 Å². The number of esters is 1. The van der Waals surface area contributed by atoms with Gasteiger partial charge in [0.05, 0.1) is 18.5 Å². The number of nitrogens with zero attached hydrogens (tertiary/aromatic N) is 2. The monoisotopic (exact) mass is 383 g/mol. The molecule has 0 unspecified atom stereocenters. The molecule has 3 aromatic rings. The van der Waals surface area contributed by atoms with Crippen LogP contribution in [0.25, 0.3) is 10.2 Å². The van der Waals surface area contributed by atoms with Crippen LogP contribution in [0.4, 0.5) is 0 Å². The number of benzene rings is 1. The highest BCUT2D eigenvalue weighted by Crippen LogP contribution is 2.28. The van der Waals surface area contributed by atoms with Gasteiger partial charge in [-0.1, -0.05) is 24.3 Å². The molecule has 0 atom stereocenters. The Morgan fingerprint density at radius 3 is 2.89 bits per heavy atom. The number of hydrogen-bond donors (Lipinski definition) is 1. The first-order valence-electron chi connectivity index (χ1n) is 9.05. The Kier molecular flexibility index (Phi) is 4.80. The third kappa shape index (κ3) is 3.40. The van der Waals surface area contributed by atoms with Gasteiger partial charge in [-0.15, -0.1) is 11.3 Å². The molecule has 4 rings (SSSR count). The van der Waals surface area contributed by atoms with Gasteiger partial charge in [-0.3, -0.25) is 9.69 Å². The Hall–Kier alpha value is -2.51. The van der Waals surface area contributed by atoms with Gasteiger partial charge in [0.25, 0.3) is 5.56 Å². The molecule has 0 aliphatic carbocycles. The van der Waals surface area contributed by atoms with E-state index in [1.165, 1.54) is 22.5 Å². The lowest BCUT2D eigenvalue weighted by Gasteiger charge is -2.28. The Morgan fingerprint density at radius 1 is 1.33 bits per heavy atom. The summed E-state index contributed by atoms with van der Waals surface area (Å²) in [6.07, 6.45) is 0.994. The maximum Gasteiger partial charge on any atom is 0.348 e. The summed E-state index contributed by atoms with van der Waals surface area (Å²) in [5, 5.41) is 0.482. The first kappa shape index (κ1) is 17.9. The molecule has 140 valence electrons. The molecule has 1 aliphatic rings. The highest BCUT2D eigenvalue weighted by molar-refractivity contribution is 7.20. The van der Waals surface area contributed by atoms with Gasteiger partial charge in [-0.05, 0) is 37.0 Å². The summed E-state index contributed by atoms with van der Waals surface area (Å²) < 4.78 is 5.09. The molecular formula is C20H21N3O3S. The predicted molar refractivity (Wildman–Crippen MR) is 105 cm³/mol. The molecule has 6 nitrogen and oxygen atoms in total. The smallest absolute Gasteiger partial charge is 0.348 e. The van der Waals surface area contributed by atoms with E-state index in [0.29, 0.717) is 39.6 Å². The molecule has 1 N–H and O–H groups in total. The molecule has 0 saturated carbocycles. The van der Waals surface area contributed by atoms with E-state index in [0.717, 1.165) is 19.5 Å². The largest absolute Gasteiger partial charge is 0.462 e. The summed E-state index contributed by atoms with van der Waals surface area (Å²) in [6.45, 7) is 6.18. The van der Waals surface area contributed by atoms with E-state index in [2.05, 4.69) is 39.1 Å². The van der Waals surface area contributed by atoms with E-state index in [-0.39, 0.29) is 5.56 Å². The lowest BCUT2D eigenvalue weighted by atomic mass is 10.00. The lowest BCUT2D eigenvalue weighted by Crippen LogP contribution is -2.31. The summed E-state index contributed by atoms with van der Waals surface area (Å²) in [7, 11) is 0. The van der Waals surface area contributed by atoms with Crippen molar-refractivity contribution in [2.45, 2.75) is 33.4 Å². The number of aromatic nitrogens is 2. The molecule has 7 heteroatoms. The van der Waals surface area contributed by atoms with Crippen molar-refractivity contribution >= 4 is 27.5 Å². The van der Waals surface area contributed by atoms with Crippen molar-refractivity contribution in [3.8, 4) is 0 Å². The molecule has 0 bridgehead atoms. The molecule has 0 amide bonds. The van der Waals surface area contributed by atoms with Crippen LogP contribution in [-0.2, 0) is 24.2 Å². The van der Waals surface area contributed by atoms with Crippen molar-refractivity contribution in [3.05, 3.63) is 62.0 Å². The first-order valence-corrected chi connectivity index (χ1v) is 9.87. The molecule has 3 heterocycles. The fraction of sp³-hybridized carbons (Fsp3) is 0.350. The molecular weight excluding hydrogens is 362 g/mol. The fourth-order valence-corrected chi connectivity index (χ4v) is 4.65. The standard InChI is InChI=1S/C20H21N3O3S/c1-3-26-20(25)17-12(2)16-18(24)21-15(22-19(16)27-17)11-23-9-8-13-6-4-5-7-14(13)10-23/h4-7H,3,8-11H2,1-2H3,(H,21,22,24). The van der Waals surface area contributed by atoms with Gasteiger partial charge >= 0.3 is 5.97 Å². The zero-order valence-corrected chi connectivity index (χ0v) is 16.2. The number of fused-ring (bicyclic) bond motifs is 2. The predicted octanol–water partition coefficient (Wildman–Crippen LogP) is 3.03. The van der Waals surface area contributed by atoms with E-state index >= 15 is 0 Å². The van der Waals surface area contributed by atoms with E-state index < -0.39 is 5.97 Å². The average Bonchev–Trinajstić information content (AvgIpc) is 2.99. The van der Waals surface area contributed by atoms with Crippen LogP contribution >= 0.6 is 11.3 Å². The van der Waals surface area contributed by atoms with Crippen LogP contribution in [0.1, 0.15) is 39.1 Å². The van der Waals surface area contributed by atoms with Gasteiger partial charge < -0.3 is 9.72 Å². The van der Waals surface area contributed by atoms with Crippen molar-refractivity contribution in [2.75, 3.05) is 13.2 Å². The second kappa shape index (κ2) is 7.25. The summed E-state index contributed by atoms with van der Waals surface area (Å²) in [4.78, 5) is 35.5. The topological polar surface area (TPSA) is 75.3 Å². The zero-order chi connectivity index (χ0) is 19.0. The molecule has 2 aromatic heterocycles. The van der Waals surface area contributed by atoms with Crippen LogP contribution < -0.4 is 5.56 Å². The zero-order valence-electron chi connectivity index (χ0n) is 15.4. The minimum Gasteiger partial charge on any atom is -0.462 e. The Balaban J connectivity index is 1.62. The minimum atomic E-state index is -0.397. The van der Waals surface area contributed by atoms with Gasteiger partial charge in [-0.2, -0.15) is 0 Å². The summed E-state index contributed by atoms with van der Waals surface area (Å²) in [5.41, 5.74) is 3.15. The van der Waals surface area contributed by atoms with E-state index in [4.69, 9.17) is 4.74 Å². The van der Waals surface area contributed by atoms with Gasteiger partial charge in [0.2, 0.25) is 0 Å². The van der Waals surface area contributed by atoms with Crippen molar-refractivity contribution in [1.29, 1.82) is 0 Å². The van der Waals surface area contributed by atoms with Gasteiger partial charge in [0.15, 0.2) is 0 Å². The number of carbonyl (C=O) groups excluding carboxylic acids is 1. The van der Waals surface area contributed by atoms with Crippen molar-refractivity contribution in [2.24, 2.45) is 0 Å². The number of nitrogens with one attached hydrogen (secondary N) is 1. The molecule has 0 spiro atoms. The minimum absolute atomic E-state index is 0.197. The fourth-order valence-electron chi connectivity index (χ4n) is 3.56. The lowest BCUT2D eigenvalue weighted by molar-refractivity contribution is 0.0531. The quantitative estimate of drug-likeness (QED) is 0.701. The van der Waals surface area contributed by atoms with Crippen molar-refractivity contribution in [3.63, 3.8) is 0 Å². The Morgan fingerprint density at radius 2 is 2.11 bits per heavy atom. The number of H-pyrrole nitrogens is 1. The van der Waals surface area contributed by atoms with Crippen molar-refractivity contribution in [1.82, 2.24) is 14.9 Å². The normalized spacial score (nSPS) is 14.3. The van der Waals surface area contributed by atoms with E-state index in [9.17, 15) is 9.59 Å². The second-order valence-corrected chi connectivity index (χ2v) is 7.70. The molecule has 0 saturated heterocycles. The molecule has 0 radical (unpaired) electrons. The number of thiophene rings is 1. The Labute approximate surface area is 160 Å². The van der Waals surface area contributed by atoms with Crippen molar-refractivity contribution < 1.29 is 9.53 Å². The average molecular weight is 383 g/mol.